The normalized spacial score (nSPS) is 11.1. The summed E-state index contributed by atoms with van der Waals surface area (Å²) in [5.74, 6) is 0.317. The summed E-state index contributed by atoms with van der Waals surface area (Å²) >= 11 is 0. The highest BCUT2D eigenvalue weighted by atomic mass is 16.5. The molecule has 170 valence electrons. The molecule has 0 aliphatic rings. The highest BCUT2D eigenvalue weighted by molar-refractivity contribution is 5.92. The highest BCUT2D eigenvalue weighted by Crippen LogP contribution is 2.19. The molecular weight excluding hydrogens is 372 g/mol. The molecule has 0 atom stereocenters. The van der Waals surface area contributed by atoms with Gasteiger partial charge in [-0.3, -0.25) is 0 Å². The van der Waals surface area contributed by atoms with Crippen molar-refractivity contribution in [3.05, 3.63) is 42.0 Å². The average Bonchev–Trinajstić information content (AvgIpc) is 2.76. The number of ether oxygens (including phenoxy) is 2. The van der Waals surface area contributed by atoms with Crippen LogP contribution < -0.4 is 4.74 Å². The van der Waals surface area contributed by atoms with Crippen molar-refractivity contribution in [2.24, 2.45) is 0 Å². The fourth-order valence-electron chi connectivity index (χ4n) is 3.51. The number of unbranched alkanes of at least 4 members (excludes halogenated alkanes) is 12. The first-order valence-electron chi connectivity index (χ1n) is 12.3. The van der Waals surface area contributed by atoms with Gasteiger partial charge < -0.3 is 9.47 Å². The molecule has 0 aliphatic carbocycles. The Labute approximate surface area is 185 Å². The first-order valence-corrected chi connectivity index (χ1v) is 12.3. The number of benzene rings is 1. The van der Waals surface area contributed by atoms with E-state index >= 15 is 0 Å². The molecule has 0 spiro atoms. The zero-order chi connectivity index (χ0) is 21.7. The second-order valence-corrected chi connectivity index (χ2v) is 8.00. The number of rotatable bonds is 19. The van der Waals surface area contributed by atoms with Crippen LogP contribution in [-0.4, -0.2) is 19.2 Å². The van der Waals surface area contributed by atoms with E-state index in [-0.39, 0.29) is 5.97 Å². The molecule has 0 N–H and O–H groups in total. The second kappa shape index (κ2) is 19.2. The Hall–Kier alpha value is -1.77. The van der Waals surface area contributed by atoms with Crippen molar-refractivity contribution in [1.82, 2.24) is 0 Å². The lowest BCUT2D eigenvalue weighted by atomic mass is 10.1. The third-order valence-electron chi connectivity index (χ3n) is 5.30. The van der Waals surface area contributed by atoms with Gasteiger partial charge in [0.2, 0.25) is 0 Å². The predicted octanol–water partition coefficient (Wildman–Crippen LogP) is 8.28. The fraction of sp³-hybridized carbons (Fsp3) is 0.667. The molecule has 1 aromatic rings. The van der Waals surface area contributed by atoms with Gasteiger partial charge in [0.1, 0.15) is 11.3 Å². The molecule has 1 aromatic carbocycles. The first-order chi connectivity index (χ1) is 14.8. The van der Waals surface area contributed by atoms with Gasteiger partial charge in [-0.25, -0.2) is 4.79 Å². The van der Waals surface area contributed by atoms with E-state index in [4.69, 9.17) is 9.47 Å². The van der Waals surface area contributed by atoms with E-state index in [1.807, 2.05) is 25.1 Å². The van der Waals surface area contributed by atoms with Crippen LogP contribution in [0.2, 0.25) is 0 Å². The van der Waals surface area contributed by atoms with Crippen LogP contribution in [0.1, 0.15) is 114 Å². The number of hydrogen-bond acceptors (Lipinski definition) is 3. The summed E-state index contributed by atoms with van der Waals surface area (Å²) in [5, 5.41) is 0. The zero-order valence-electron chi connectivity index (χ0n) is 19.5. The van der Waals surface area contributed by atoms with Gasteiger partial charge in [-0.05, 0) is 51.2 Å². The molecule has 0 unspecified atom stereocenters. The van der Waals surface area contributed by atoms with Gasteiger partial charge in [0, 0.05) is 0 Å². The molecule has 1 rings (SSSR count). The number of hydrogen-bond donors (Lipinski definition) is 0. The van der Waals surface area contributed by atoms with Gasteiger partial charge in [-0.2, -0.15) is 0 Å². The van der Waals surface area contributed by atoms with E-state index in [2.05, 4.69) is 19.1 Å². The van der Waals surface area contributed by atoms with E-state index in [0.717, 1.165) is 12.8 Å². The number of carbonyl (C=O) groups excluding carboxylic acids is 1. The summed E-state index contributed by atoms with van der Waals surface area (Å²) in [6.07, 6.45) is 22.6. The summed E-state index contributed by atoms with van der Waals surface area (Å²) in [6, 6.07) is 7.27. The maximum absolute atomic E-state index is 12.2. The molecule has 0 heterocycles. The maximum Gasteiger partial charge on any atom is 0.341 e. The summed E-state index contributed by atoms with van der Waals surface area (Å²) in [7, 11) is 0. The Balaban J connectivity index is 1.92. The first kappa shape index (κ1) is 26.3. The van der Waals surface area contributed by atoms with E-state index in [0.29, 0.717) is 24.5 Å². The predicted molar refractivity (Wildman–Crippen MR) is 127 cm³/mol. The minimum absolute atomic E-state index is 0.285. The van der Waals surface area contributed by atoms with Crippen LogP contribution in [0, 0.1) is 0 Å². The van der Waals surface area contributed by atoms with Gasteiger partial charge in [0.25, 0.3) is 0 Å². The van der Waals surface area contributed by atoms with Crippen LogP contribution in [-0.2, 0) is 4.74 Å². The maximum atomic E-state index is 12.2. The summed E-state index contributed by atoms with van der Waals surface area (Å²) in [4.78, 5) is 12.2. The van der Waals surface area contributed by atoms with Crippen molar-refractivity contribution in [3.8, 4) is 5.75 Å². The van der Waals surface area contributed by atoms with Gasteiger partial charge >= 0.3 is 5.97 Å². The van der Waals surface area contributed by atoms with E-state index in [1.165, 1.54) is 77.0 Å². The number of allylic oxidation sites excluding steroid dienone is 2. The van der Waals surface area contributed by atoms with Crippen LogP contribution in [0.4, 0.5) is 0 Å². The van der Waals surface area contributed by atoms with Gasteiger partial charge in [-0.1, -0.05) is 89.0 Å². The largest absolute Gasteiger partial charge is 0.493 e. The van der Waals surface area contributed by atoms with Crippen molar-refractivity contribution in [2.45, 2.75) is 104 Å². The molecule has 0 saturated heterocycles. The number of carbonyl (C=O) groups is 1. The molecule has 3 nitrogen and oxygen atoms in total. The average molecular weight is 417 g/mol. The topological polar surface area (TPSA) is 35.5 Å². The van der Waals surface area contributed by atoms with Crippen LogP contribution >= 0.6 is 0 Å². The van der Waals surface area contributed by atoms with Crippen molar-refractivity contribution >= 4 is 5.97 Å². The minimum atomic E-state index is -0.285. The van der Waals surface area contributed by atoms with Crippen molar-refractivity contribution in [1.29, 1.82) is 0 Å². The molecule has 0 amide bonds. The van der Waals surface area contributed by atoms with Crippen molar-refractivity contribution in [3.63, 3.8) is 0 Å². The Kier molecular flexibility index (Phi) is 16.8. The van der Waals surface area contributed by atoms with Crippen LogP contribution in [0.15, 0.2) is 36.4 Å². The van der Waals surface area contributed by atoms with E-state index in [1.54, 1.807) is 6.07 Å². The molecule has 0 aromatic heterocycles. The number of para-hydroxylation sites is 1. The smallest absolute Gasteiger partial charge is 0.341 e. The summed E-state index contributed by atoms with van der Waals surface area (Å²) in [5.41, 5.74) is 0.517. The van der Waals surface area contributed by atoms with E-state index < -0.39 is 0 Å². The molecular formula is C27H44O3. The molecule has 0 radical (unpaired) electrons. The van der Waals surface area contributed by atoms with Crippen LogP contribution in [0.5, 0.6) is 5.75 Å². The monoisotopic (exact) mass is 416 g/mol. The number of esters is 1. The standard InChI is InChI=1S/C27H44O3/c1-3-5-6-7-8-9-10-11-12-13-14-15-16-17-18-21-24-30-27(28)25-22-19-20-23-26(25)29-4-2/h11-12,19-20,22-23H,3-10,13-18,21,24H2,1-2H3/b12-11-. The Bertz CT molecular complexity index is 565. The van der Waals surface area contributed by atoms with Gasteiger partial charge in [0.15, 0.2) is 0 Å². The Morgan fingerprint density at radius 1 is 0.767 bits per heavy atom. The minimum Gasteiger partial charge on any atom is -0.493 e. The zero-order valence-corrected chi connectivity index (χ0v) is 19.5. The van der Waals surface area contributed by atoms with Crippen LogP contribution in [0.25, 0.3) is 0 Å². The molecule has 0 saturated carbocycles. The van der Waals surface area contributed by atoms with Crippen molar-refractivity contribution < 1.29 is 14.3 Å². The molecule has 0 bridgehead atoms. The third kappa shape index (κ3) is 13.5. The molecule has 30 heavy (non-hydrogen) atoms. The highest BCUT2D eigenvalue weighted by Gasteiger charge is 2.12. The van der Waals surface area contributed by atoms with Gasteiger partial charge in [-0.15, -0.1) is 0 Å². The molecule has 3 heteroatoms. The lowest BCUT2D eigenvalue weighted by Crippen LogP contribution is -2.09. The molecule has 0 aliphatic heterocycles. The van der Waals surface area contributed by atoms with Gasteiger partial charge in [0.05, 0.1) is 13.2 Å². The fourth-order valence-corrected chi connectivity index (χ4v) is 3.51. The quantitative estimate of drug-likeness (QED) is 0.129. The summed E-state index contributed by atoms with van der Waals surface area (Å²) in [6.45, 7) is 5.21. The second-order valence-electron chi connectivity index (χ2n) is 8.00. The van der Waals surface area contributed by atoms with E-state index in [9.17, 15) is 4.79 Å². The Morgan fingerprint density at radius 2 is 1.33 bits per heavy atom. The lowest BCUT2D eigenvalue weighted by molar-refractivity contribution is 0.0493. The SMILES string of the molecule is CCCCCCCC/C=C\CCCCCCCCOC(=O)c1ccccc1OCC. The lowest BCUT2D eigenvalue weighted by Gasteiger charge is -2.09. The third-order valence-corrected chi connectivity index (χ3v) is 5.30. The molecule has 0 fully saturated rings. The van der Waals surface area contributed by atoms with Crippen molar-refractivity contribution in [2.75, 3.05) is 13.2 Å². The van der Waals surface area contributed by atoms with Crippen LogP contribution in [0.3, 0.4) is 0 Å². The summed E-state index contributed by atoms with van der Waals surface area (Å²) < 4.78 is 10.9. The Morgan fingerprint density at radius 3 is 1.97 bits per heavy atom.